The van der Waals surface area contributed by atoms with Crippen LogP contribution >= 0.6 is 12.4 Å². The second-order valence-corrected chi connectivity index (χ2v) is 8.83. The topological polar surface area (TPSA) is 84.2 Å². The molecule has 0 aliphatic heterocycles. The molecule has 1 atom stereocenters. The number of amides is 2. The van der Waals surface area contributed by atoms with Gasteiger partial charge in [0.1, 0.15) is 6.04 Å². The zero-order valence-corrected chi connectivity index (χ0v) is 16.4. The van der Waals surface area contributed by atoms with Crippen molar-refractivity contribution in [1.29, 1.82) is 0 Å². The van der Waals surface area contributed by atoms with Gasteiger partial charge in [-0.3, -0.25) is 9.59 Å². The molecule has 4 N–H and O–H groups in total. The number of carbonyl (C=O) groups excluding carboxylic acids is 2. The number of nitrogens with two attached hydrogens (primary N) is 1. The molecule has 4 aliphatic rings. The van der Waals surface area contributed by atoms with Gasteiger partial charge in [-0.25, -0.2) is 0 Å². The largest absolute Gasteiger partial charge is 0.354 e. The van der Waals surface area contributed by atoms with E-state index in [1.54, 1.807) is 0 Å². The summed E-state index contributed by atoms with van der Waals surface area (Å²) in [6.45, 7) is 5.12. The third-order valence-corrected chi connectivity index (χ3v) is 6.44. The van der Waals surface area contributed by atoms with Crippen molar-refractivity contribution in [2.45, 2.75) is 64.8 Å². The van der Waals surface area contributed by atoms with Gasteiger partial charge in [0.2, 0.25) is 11.8 Å². The molecule has 0 aromatic carbocycles. The lowest BCUT2D eigenvalue weighted by Gasteiger charge is -2.55. The molecular weight excluding hydrogens is 338 g/mol. The third kappa shape index (κ3) is 4.30. The van der Waals surface area contributed by atoms with Crippen LogP contribution in [-0.4, -0.2) is 30.9 Å². The molecule has 4 rings (SSSR count). The Morgan fingerprint density at radius 1 is 1.08 bits per heavy atom. The fraction of sp³-hybridized carbons (Fsp3) is 0.895. The van der Waals surface area contributed by atoms with Crippen LogP contribution in [-0.2, 0) is 9.59 Å². The highest BCUT2D eigenvalue weighted by Gasteiger charge is 2.55. The van der Waals surface area contributed by atoms with Crippen molar-refractivity contribution in [1.82, 2.24) is 10.6 Å². The summed E-state index contributed by atoms with van der Waals surface area (Å²) >= 11 is 0. The van der Waals surface area contributed by atoms with Crippen LogP contribution in [0.25, 0.3) is 0 Å². The number of nitrogens with one attached hydrogen (secondary N) is 2. The maximum absolute atomic E-state index is 13.1. The Labute approximate surface area is 157 Å². The predicted octanol–water partition coefficient (Wildman–Crippen LogP) is 2.23. The highest BCUT2D eigenvalue weighted by Crippen LogP contribution is 2.60. The Kier molecular flexibility index (Phi) is 6.77. The second-order valence-electron chi connectivity index (χ2n) is 8.83. The van der Waals surface area contributed by atoms with Crippen LogP contribution in [0.4, 0.5) is 0 Å². The average Bonchev–Trinajstić information content (AvgIpc) is 2.50. The highest BCUT2D eigenvalue weighted by molar-refractivity contribution is 5.90. The van der Waals surface area contributed by atoms with E-state index < -0.39 is 6.04 Å². The summed E-state index contributed by atoms with van der Waals surface area (Å²) in [6, 6.07) is -0.441. The highest BCUT2D eigenvalue weighted by atomic mass is 35.5. The van der Waals surface area contributed by atoms with E-state index in [-0.39, 0.29) is 35.6 Å². The third-order valence-electron chi connectivity index (χ3n) is 6.44. The summed E-state index contributed by atoms with van der Waals surface area (Å²) in [7, 11) is 0. The molecule has 4 saturated carbocycles. The van der Waals surface area contributed by atoms with Gasteiger partial charge in [0.15, 0.2) is 0 Å². The van der Waals surface area contributed by atoms with Gasteiger partial charge in [-0.1, -0.05) is 13.8 Å². The smallest absolute Gasteiger partial charge is 0.242 e. The fourth-order valence-corrected chi connectivity index (χ4v) is 5.64. The lowest BCUT2D eigenvalue weighted by molar-refractivity contribution is -0.149. The van der Waals surface area contributed by atoms with Gasteiger partial charge in [0.25, 0.3) is 0 Å². The van der Waals surface area contributed by atoms with Crippen molar-refractivity contribution >= 4 is 24.2 Å². The Morgan fingerprint density at radius 2 is 1.60 bits per heavy atom. The first kappa shape index (κ1) is 20.5. The molecule has 0 radical (unpaired) electrons. The molecule has 0 spiro atoms. The van der Waals surface area contributed by atoms with Gasteiger partial charge >= 0.3 is 0 Å². The van der Waals surface area contributed by atoms with E-state index in [0.29, 0.717) is 13.1 Å². The Hall–Kier alpha value is -0.810. The van der Waals surface area contributed by atoms with Gasteiger partial charge in [0.05, 0.1) is 0 Å². The molecule has 4 aliphatic carbocycles. The van der Waals surface area contributed by atoms with Crippen molar-refractivity contribution in [3.05, 3.63) is 0 Å². The number of halogens is 1. The van der Waals surface area contributed by atoms with Crippen molar-refractivity contribution in [2.75, 3.05) is 13.1 Å². The normalized spacial score (nSPS) is 33.7. The van der Waals surface area contributed by atoms with Crippen molar-refractivity contribution < 1.29 is 9.59 Å². The van der Waals surface area contributed by atoms with Crippen LogP contribution in [0.5, 0.6) is 0 Å². The van der Waals surface area contributed by atoms with Crippen LogP contribution < -0.4 is 16.4 Å². The molecule has 1 unspecified atom stereocenters. The molecule has 0 aromatic rings. The van der Waals surface area contributed by atoms with Crippen molar-refractivity contribution in [3.8, 4) is 0 Å². The van der Waals surface area contributed by atoms with Gasteiger partial charge in [-0.05, 0) is 75.2 Å². The fourth-order valence-electron chi connectivity index (χ4n) is 5.64. The number of hydrogen-bond donors (Lipinski definition) is 3. The zero-order valence-electron chi connectivity index (χ0n) is 15.6. The molecule has 5 nitrogen and oxygen atoms in total. The maximum Gasteiger partial charge on any atom is 0.242 e. The molecular formula is C19H34ClN3O2. The van der Waals surface area contributed by atoms with Gasteiger partial charge in [-0.2, -0.15) is 0 Å². The van der Waals surface area contributed by atoms with Gasteiger partial charge < -0.3 is 16.4 Å². The van der Waals surface area contributed by atoms with E-state index in [1.165, 1.54) is 19.3 Å². The number of hydrogen-bond acceptors (Lipinski definition) is 3. The van der Waals surface area contributed by atoms with E-state index in [2.05, 4.69) is 10.6 Å². The Balaban J connectivity index is 0.00000225. The summed E-state index contributed by atoms with van der Waals surface area (Å²) in [5.74, 6) is 2.35. The molecule has 4 fully saturated rings. The molecule has 2 amide bonds. The van der Waals surface area contributed by atoms with Crippen molar-refractivity contribution in [3.63, 3.8) is 0 Å². The number of carbonyl (C=O) groups is 2. The first-order valence-electron chi connectivity index (χ1n) is 9.72. The standard InChI is InChI=1S/C19H33N3O2.ClH/c1-12(2)16(17(23)21-5-3-4-20)22-18(24)19-9-13-6-14(10-19)8-15(7-13)11-19;/h12-16H,3-11,20H2,1-2H3,(H,21,23)(H,22,24);1H. The molecule has 0 saturated heterocycles. The van der Waals surface area contributed by atoms with E-state index in [1.807, 2.05) is 13.8 Å². The van der Waals surface area contributed by atoms with Crippen LogP contribution in [0, 0.1) is 29.1 Å². The second kappa shape index (κ2) is 8.26. The van der Waals surface area contributed by atoms with E-state index in [0.717, 1.165) is 43.4 Å². The minimum absolute atomic E-state index is 0. The van der Waals surface area contributed by atoms with Crippen molar-refractivity contribution in [2.24, 2.45) is 34.8 Å². The van der Waals surface area contributed by atoms with Crippen LogP contribution in [0.3, 0.4) is 0 Å². The van der Waals surface area contributed by atoms with E-state index in [4.69, 9.17) is 5.73 Å². The first-order chi connectivity index (χ1) is 11.4. The first-order valence-corrected chi connectivity index (χ1v) is 9.72. The summed E-state index contributed by atoms with van der Waals surface area (Å²) in [6.07, 6.45) is 7.82. The molecule has 25 heavy (non-hydrogen) atoms. The zero-order chi connectivity index (χ0) is 17.3. The predicted molar refractivity (Wildman–Crippen MR) is 101 cm³/mol. The molecule has 0 aromatic heterocycles. The molecule has 144 valence electrons. The Morgan fingerprint density at radius 3 is 2.04 bits per heavy atom. The van der Waals surface area contributed by atoms with Crippen LogP contribution in [0.15, 0.2) is 0 Å². The van der Waals surface area contributed by atoms with E-state index >= 15 is 0 Å². The molecule has 0 heterocycles. The molecule has 4 bridgehead atoms. The quantitative estimate of drug-likeness (QED) is 0.600. The SMILES string of the molecule is CC(C)C(NC(=O)C12CC3CC(CC(C3)C1)C2)C(=O)NCCCN.Cl. The maximum atomic E-state index is 13.1. The summed E-state index contributed by atoms with van der Waals surface area (Å²) in [4.78, 5) is 25.6. The molecule has 6 heteroatoms. The summed E-state index contributed by atoms with van der Waals surface area (Å²) in [5.41, 5.74) is 5.28. The van der Waals surface area contributed by atoms with Gasteiger partial charge in [-0.15, -0.1) is 12.4 Å². The lowest BCUT2D eigenvalue weighted by atomic mass is 9.49. The minimum atomic E-state index is -0.441. The summed E-state index contributed by atoms with van der Waals surface area (Å²) < 4.78 is 0. The average molecular weight is 372 g/mol. The minimum Gasteiger partial charge on any atom is -0.354 e. The van der Waals surface area contributed by atoms with Crippen LogP contribution in [0.1, 0.15) is 58.8 Å². The summed E-state index contributed by atoms with van der Waals surface area (Å²) in [5, 5.41) is 6.03. The van der Waals surface area contributed by atoms with Gasteiger partial charge in [0, 0.05) is 12.0 Å². The van der Waals surface area contributed by atoms with Crippen LogP contribution in [0.2, 0.25) is 0 Å². The monoisotopic (exact) mass is 371 g/mol. The number of rotatable bonds is 7. The lowest BCUT2D eigenvalue weighted by Crippen LogP contribution is -2.58. The van der Waals surface area contributed by atoms with E-state index in [9.17, 15) is 9.59 Å². The Bertz CT molecular complexity index is 460.